The van der Waals surface area contributed by atoms with Gasteiger partial charge in [-0.25, -0.2) is 0 Å². The van der Waals surface area contributed by atoms with Crippen molar-refractivity contribution in [3.63, 3.8) is 0 Å². The van der Waals surface area contributed by atoms with Gasteiger partial charge in [0.25, 0.3) is 0 Å². The van der Waals surface area contributed by atoms with E-state index >= 15 is 0 Å². The number of hydrogen-bond acceptors (Lipinski definition) is 5. The molecule has 2 spiro atoms. The van der Waals surface area contributed by atoms with Gasteiger partial charge in [0, 0.05) is 40.3 Å². The van der Waals surface area contributed by atoms with Crippen LogP contribution in [-0.2, 0) is 10.8 Å². The lowest BCUT2D eigenvalue weighted by Gasteiger charge is -2.40. The van der Waals surface area contributed by atoms with E-state index in [1.807, 2.05) is 36.7 Å². The second-order valence-electron chi connectivity index (χ2n) is 17.6. The van der Waals surface area contributed by atoms with Crippen molar-refractivity contribution in [3.8, 4) is 67.8 Å². The highest BCUT2D eigenvalue weighted by atomic mass is 16.5. The summed E-state index contributed by atoms with van der Waals surface area (Å²) in [5.41, 5.74) is 20.1. The highest BCUT2D eigenvalue weighted by Gasteiger charge is 2.56. The molecule has 8 aromatic carbocycles. The first-order valence-electron chi connectivity index (χ1n) is 22.2. The minimum Gasteiger partial charge on any atom is -0.457 e. The third-order valence-corrected chi connectivity index (χ3v) is 14.6. The van der Waals surface area contributed by atoms with Crippen LogP contribution in [0.3, 0.4) is 0 Å². The Morgan fingerprint density at radius 3 is 1.60 bits per heavy atom. The van der Waals surface area contributed by atoms with Crippen molar-refractivity contribution >= 4 is 17.1 Å². The van der Waals surface area contributed by atoms with Crippen LogP contribution in [0.5, 0.6) is 23.0 Å². The van der Waals surface area contributed by atoms with Crippen LogP contribution < -0.4 is 14.4 Å². The van der Waals surface area contributed by atoms with Gasteiger partial charge < -0.3 is 14.4 Å². The number of rotatable bonds is 2. The maximum Gasteiger partial charge on any atom is 0.151 e. The zero-order valence-electron chi connectivity index (χ0n) is 34.9. The molecule has 3 aliphatic carbocycles. The van der Waals surface area contributed by atoms with E-state index in [1.54, 1.807) is 0 Å². The molecule has 2 aromatic heterocycles. The molecule has 1 atom stereocenters. The van der Waals surface area contributed by atoms with Crippen molar-refractivity contribution in [1.29, 1.82) is 0 Å². The molecule has 0 N–H and O–H groups in total. The Balaban J connectivity index is 0.981. The Morgan fingerprint density at radius 1 is 0.338 bits per heavy atom. The molecule has 10 aromatic rings. The second-order valence-corrected chi connectivity index (χ2v) is 17.6. The third kappa shape index (κ3) is 4.32. The number of para-hydroxylation sites is 5. The summed E-state index contributed by atoms with van der Waals surface area (Å²) in [7, 11) is 0. The largest absolute Gasteiger partial charge is 0.457 e. The van der Waals surface area contributed by atoms with E-state index in [9.17, 15) is 0 Å². The summed E-state index contributed by atoms with van der Waals surface area (Å²) in [6.07, 6.45) is 3.91. The van der Waals surface area contributed by atoms with E-state index in [-0.39, 0.29) is 0 Å². The second kappa shape index (κ2) is 12.6. The Bertz CT molecular complexity index is 3630. The summed E-state index contributed by atoms with van der Waals surface area (Å²) in [5, 5.41) is 0. The molecular formula is C60H35N3O2. The third-order valence-electron chi connectivity index (χ3n) is 14.6. The number of aromatic nitrogens is 2. The van der Waals surface area contributed by atoms with Gasteiger partial charge in [-0.2, -0.15) is 0 Å². The number of nitrogens with zero attached hydrogens (tertiary/aromatic N) is 3. The SMILES string of the molecule is c1cc(-c2cnc3c(c2)C2(c4ccccc4Oc4cc5c(cc42)-c2ccccc2C52c4ccccc4-c4ccccc42)c2cccnc2-3)cc(N2c3ccccc3Oc3ccccc32)c1. The van der Waals surface area contributed by atoms with Gasteiger partial charge in [-0.05, 0) is 122 Å². The van der Waals surface area contributed by atoms with Crippen LogP contribution in [0.4, 0.5) is 17.1 Å². The van der Waals surface area contributed by atoms with Gasteiger partial charge in [0.05, 0.1) is 33.6 Å². The Labute approximate surface area is 375 Å². The zero-order valence-corrected chi connectivity index (χ0v) is 34.9. The molecule has 0 bridgehead atoms. The van der Waals surface area contributed by atoms with Gasteiger partial charge in [0.2, 0.25) is 0 Å². The maximum atomic E-state index is 7.20. The van der Waals surface area contributed by atoms with Crippen molar-refractivity contribution in [1.82, 2.24) is 9.97 Å². The summed E-state index contributed by atoms with van der Waals surface area (Å²) in [5.74, 6) is 3.31. The summed E-state index contributed by atoms with van der Waals surface area (Å²) in [4.78, 5) is 12.8. The number of pyridine rings is 2. The number of ether oxygens (including phenoxy) is 2. The highest BCUT2D eigenvalue weighted by molar-refractivity contribution is 5.97. The average molecular weight is 830 g/mol. The van der Waals surface area contributed by atoms with Crippen LogP contribution in [-0.4, -0.2) is 9.97 Å². The van der Waals surface area contributed by atoms with E-state index < -0.39 is 10.8 Å². The maximum absolute atomic E-state index is 7.20. The van der Waals surface area contributed by atoms with Gasteiger partial charge in [0.15, 0.2) is 11.5 Å². The molecular weight excluding hydrogens is 795 g/mol. The first kappa shape index (κ1) is 35.0. The lowest BCUT2D eigenvalue weighted by molar-refractivity contribution is 0.435. The van der Waals surface area contributed by atoms with E-state index in [4.69, 9.17) is 19.4 Å². The molecule has 0 fully saturated rings. The fourth-order valence-electron chi connectivity index (χ4n) is 12.2. The topological polar surface area (TPSA) is 47.5 Å². The molecule has 5 heteroatoms. The van der Waals surface area contributed by atoms with E-state index in [0.717, 1.165) is 84.8 Å². The van der Waals surface area contributed by atoms with E-state index in [0.29, 0.717) is 0 Å². The fraction of sp³-hybridized carbons (Fsp3) is 0.0333. The van der Waals surface area contributed by atoms with Crippen LogP contribution in [0.25, 0.3) is 44.8 Å². The molecule has 0 saturated heterocycles. The lowest BCUT2D eigenvalue weighted by Crippen LogP contribution is -2.33. The molecule has 15 rings (SSSR count). The highest BCUT2D eigenvalue weighted by Crippen LogP contribution is 2.67. The normalized spacial score (nSPS) is 16.4. The molecule has 2 aliphatic heterocycles. The smallest absolute Gasteiger partial charge is 0.151 e. The average Bonchev–Trinajstić information content (AvgIpc) is 3.95. The van der Waals surface area contributed by atoms with Gasteiger partial charge in [0.1, 0.15) is 11.5 Å². The summed E-state index contributed by atoms with van der Waals surface area (Å²) < 4.78 is 13.6. The Hall–Kier alpha value is -8.54. The fourth-order valence-corrected chi connectivity index (χ4v) is 12.2. The Kier molecular flexibility index (Phi) is 6.76. The minimum atomic E-state index is -0.781. The van der Waals surface area contributed by atoms with Crippen LogP contribution in [0.1, 0.15) is 44.5 Å². The Morgan fingerprint density at radius 2 is 0.892 bits per heavy atom. The predicted octanol–water partition coefficient (Wildman–Crippen LogP) is 14.5. The molecule has 0 amide bonds. The first-order chi connectivity index (χ1) is 32.2. The standard InChI is InChI=1S/C60H35N3O2/c1-4-20-43-39(17-1)40-18-2-5-21-44(40)59(43)45-22-6-3-19-41(45)42-33-49-56(34-48(42)59)64-53-27-10-7-23-46(53)60(49)47-24-14-30-61-57(47)58-50(60)32-37(35-62-58)36-15-13-16-38(31-36)63-51-25-8-11-28-54(51)65-55-29-12-9-26-52(55)63/h1-35H. The number of hydrogen-bond donors (Lipinski definition) is 0. The van der Waals surface area contributed by atoms with E-state index in [2.05, 4.69) is 181 Å². The quantitative estimate of drug-likeness (QED) is 0.174. The van der Waals surface area contributed by atoms with Crippen LogP contribution in [0.15, 0.2) is 213 Å². The number of fused-ring (bicyclic) bond motifs is 21. The monoisotopic (exact) mass is 829 g/mol. The molecule has 302 valence electrons. The molecule has 4 heterocycles. The molecule has 65 heavy (non-hydrogen) atoms. The van der Waals surface area contributed by atoms with Gasteiger partial charge in [-0.3, -0.25) is 9.97 Å². The zero-order chi connectivity index (χ0) is 42.4. The molecule has 0 radical (unpaired) electrons. The summed E-state index contributed by atoms with van der Waals surface area (Å²) in [6, 6.07) is 72.2. The van der Waals surface area contributed by atoms with Crippen molar-refractivity contribution in [2.45, 2.75) is 10.8 Å². The summed E-state index contributed by atoms with van der Waals surface area (Å²) >= 11 is 0. The van der Waals surface area contributed by atoms with Gasteiger partial charge >= 0.3 is 0 Å². The van der Waals surface area contributed by atoms with Crippen molar-refractivity contribution < 1.29 is 9.47 Å². The van der Waals surface area contributed by atoms with Gasteiger partial charge in [-0.1, -0.05) is 133 Å². The number of benzene rings is 8. The van der Waals surface area contributed by atoms with Crippen LogP contribution in [0, 0.1) is 0 Å². The van der Waals surface area contributed by atoms with Crippen molar-refractivity contribution in [2.24, 2.45) is 0 Å². The molecule has 5 aliphatic rings. The van der Waals surface area contributed by atoms with Crippen molar-refractivity contribution in [2.75, 3.05) is 4.90 Å². The van der Waals surface area contributed by atoms with E-state index in [1.165, 1.54) is 44.5 Å². The predicted molar refractivity (Wildman–Crippen MR) is 256 cm³/mol. The van der Waals surface area contributed by atoms with Gasteiger partial charge in [-0.15, -0.1) is 0 Å². The number of anilines is 3. The molecule has 5 nitrogen and oxygen atoms in total. The molecule has 1 unspecified atom stereocenters. The minimum absolute atomic E-state index is 0.504. The summed E-state index contributed by atoms with van der Waals surface area (Å²) in [6.45, 7) is 0. The van der Waals surface area contributed by atoms with Crippen LogP contribution >= 0.6 is 0 Å². The van der Waals surface area contributed by atoms with Crippen LogP contribution in [0.2, 0.25) is 0 Å². The molecule has 0 saturated carbocycles. The first-order valence-corrected chi connectivity index (χ1v) is 22.2. The lowest BCUT2D eigenvalue weighted by atomic mass is 9.65. The van der Waals surface area contributed by atoms with Crippen molar-refractivity contribution in [3.05, 3.63) is 257 Å².